The van der Waals surface area contributed by atoms with Crippen molar-refractivity contribution in [3.05, 3.63) is 45.7 Å². The highest BCUT2D eigenvalue weighted by Crippen LogP contribution is 2.19. The first-order valence-corrected chi connectivity index (χ1v) is 8.59. The summed E-state index contributed by atoms with van der Waals surface area (Å²) in [5, 5.41) is 0.800. The lowest BCUT2D eigenvalue weighted by atomic mass is 9.94. The van der Waals surface area contributed by atoms with E-state index in [1.165, 1.54) is 19.3 Å². The summed E-state index contributed by atoms with van der Waals surface area (Å²) in [6, 6.07) is 7.80. The minimum Gasteiger partial charge on any atom is -0.358 e. The molecule has 2 rings (SSSR count). The SMILES string of the molecule is Cc1c(CCC(C)CCCC(C)C)[nH]c2ccccc2c1=O. The lowest BCUT2D eigenvalue weighted by Crippen LogP contribution is -2.12. The lowest BCUT2D eigenvalue weighted by molar-refractivity contribution is 0.435. The Labute approximate surface area is 134 Å². The van der Waals surface area contributed by atoms with Crippen LogP contribution in [0.25, 0.3) is 10.9 Å². The normalized spacial score (nSPS) is 13.0. The van der Waals surface area contributed by atoms with Crippen molar-refractivity contribution in [1.29, 1.82) is 0 Å². The van der Waals surface area contributed by atoms with Gasteiger partial charge in [-0.05, 0) is 43.7 Å². The molecule has 1 aromatic heterocycles. The highest BCUT2D eigenvalue weighted by molar-refractivity contribution is 5.79. The van der Waals surface area contributed by atoms with E-state index in [1.54, 1.807) is 0 Å². The van der Waals surface area contributed by atoms with Gasteiger partial charge in [-0.2, -0.15) is 0 Å². The van der Waals surface area contributed by atoms with Gasteiger partial charge in [0.15, 0.2) is 5.43 Å². The largest absolute Gasteiger partial charge is 0.358 e. The van der Waals surface area contributed by atoms with E-state index >= 15 is 0 Å². The molecule has 0 radical (unpaired) electrons. The van der Waals surface area contributed by atoms with E-state index in [2.05, 4.69) is 25.8 Å². The summed E-state index contributed by atoms with van der Waals surface area (Å²) in [6.07, 6.45) is 6.03. The van der Waals surface area contributed by atoms with Crippen molar-refractivity contribution in [2.45, 2.75) is 59.8 Å². The second-order valence-corrected chi connectivity index (χ2v) is 7.07. The van der Waals surface area contributed by atoms with E-state index in [9.17, 15) is 4.79 Å². The molecule has 120 valence electrons. The standard InChI is InChI=1S/C20H29NO/c1-14(2)8-7-9-15(3)12-13-18-16(4)20(22)17-10-5-6-11-19(17)21-18/h5-6,10-11,14-15H,7-9,12-13H2,1-4H3,(H,21,22). The molecule has 0 fully saturated rings. The Balaban J connectivity index is 2.02. The van der Waals surface area contributed by atoms with Crippen LogP contribution in [0.15, 0.2) is 29.1 Å². The molecule has 2 nitrogen and oxygen atoms in total. The number of fused-ring (bicyclic) bond motifs is 1. The molecule has 0 spiro atoms. The van der Waals surface area contributed by atoms with Gasteiger partial charge in [-0.1, -0.05) is 52.2 Å². The molecule has 1 atom stereocenters. The van der Waals surface area contributed by atoms with Crippen molar-refractivity contribution in [2.24, 2.45) is 11.8 Å². The Morgan fingerprint density at radius 2 is 1.77 bits per heavy atom. The van der Waals surface area contributed by atoms with Gasteiger partial charge in [0, 0.05) is 22.2 Å². The average Bonchev–Trinajstić information content (AvgIpc) is 2.49. The number of pyridine rings is 1. The molecule has 0 amide bonds. The van der Waals surface area contributed by atoms with Crippen LogP contribution >= 0.6 is 0 Å². The van der Waals surface area contributed by atoms with Gasteiger partial charge in [0.2, 0.25) is 0 Å². The van der Waals surface area contributed by atoms with Crippen LogP contribution in [0.3, 0.4) is 0 Å². The molecule has 0 saturated heterocycles. The van der Waals surface area contributed by atoms with Crippen molar-refractivity contribution in [1.82, 2.24) is 4.98 Å². The molecule has 0 aliphatic carbocycles. The van der Waals surface area contributed by atoms with Crippen molar-refractivity contribution in [3.8, 4) is 0 Å². The van der Waals surface area contributed by atoms with Crippen LogP contribution in [0.2, 0.25) is 0 Å². The number of para-hydroxylation sites is 1. The van der Waals surface area contributed by atoms with Gasteiger partial charge in [0.25, 0.3) is 0 Å². The Kier molecular flexibility index (Phi) is 5.82. The van der Waals surface area contributed by atoms with Crippen LogP contribution in [0.5, 0.6) is 0 Å². The van der Waals surface area contributed by atoms with Gasteiger partial charge in [-0.3, -0.25) is 4.79 Å². The fourth-order valence-electron chi connectivity index (χ4n) is 3.05. The summed E-state index contributed by atoms with van der Waals surface area (Å²) < 4.78 is 0. The average molecular weight is 299 g/mol. The summed E-state index contributed by atoms with van der Waals surface area (Å²) in [6.45, 7) is 8.85. The number of aromatic amines is 1. The van der Waals surface area contributed by atoms with E-state index in [-0.39, 0.29) is 5.43 Å². The zero-order valence-corrected chi connectivity index (χ0v) is 14.4. The van der Waals surface area contributed by atoms with Gasteiger partial charge in [0.05, 0.1) is 0 Å². The van der Waals surface area contributed by atoms with Gasteiger partial charge in [0.1, 0.15) is 0 Å². The zero-order valence-electron chi connectivity index (χ0n) is 14.4. The number of aromatic nitrogens is 1. The van der Waals surface area contributed by atoms with Crippen molar-refractivity contribution in [2.75, 3.05) is 0 Å². The third-order valence-corrected chi connectivity index (χ3v) is 4.62. The summed E-state index contributed by atoms with van der Waals surface area (Å²) >= 11 is 0. The van der Waals surface area contributed by atoms with E-state index in [0.717, 1.165) is 40.9 Å². The molecule has 2 aromatic rings. The smallest absolute Gasteiger partial charge is 0.192 e. The highest BCUT2D eigenvalue weighted by atomic mass is 16.1. The van der Waals surface area contributed by atoms with Crippen LogP contribution in [-0.2, 0) is 6.42 Å². The predicted octanol–water partition coefficient (Wildman–Crippen LogP) is 5.23. The van der Waals surface area contributed by atoms with Gasteiger partial charge >= 0.3 is 0 Å². The van der Waals surface area contributed by atoms with E-state index < -0.39 is 0 Å². The third-order valence-electron chi connectivity index (χ3n) is 4.62. The third kappa shape index (κ3) is 4.22. The Hall–Kier alpha value is -1.57. The highest BCUT2D eigenvalue weighted by Gasteiger charge is 2.10. The molecule has 1 unspecified atom stereocenters. The molecular formula is C20H29NO. The molecule has 1 heterocycles. The number of H-pyrrole nitrogens is 1. The second-order valence-electron chi connectivity index (χ2n) is 7.07. The van der Waals surface area contributed by atoms with Crippen LogP contribution in [-0.4, -0.2) is 4.98 Å². The quantitative estimate of drug-likeness (QED) is 0.746. The van der Waals surface area contributed by atoms with E-state index in [1.807, 2.05) is 31.2 Å². The van der Waals surface area contributed by atoms with Crippen LogP contribution < -0.4 is 5.43 Å². The Bertz CT molecular complexity index is 669. The predicted molar refractivity (Wildman–Crippen MR) is 95.5 cm³/mol. The number of benzene rings is 1. The maximum absolute atomic E-state index is 12.4. The lowest BCUT2D eigenvalue weighted by Gasteiger charge is -2.14. The molecule has 2 heteroatoms. The maximum atomic E-state index is 12.4. The molecule has 1 aromatic carbocycles. The molecule has 0 aliphatic heterocycles. The topological polar surface area (TPSA) is 32.9 Å². The fourth-order valence-corrected chi connectivity index (χ4v) is 3.05. The van der Waals surface area contributed by atoms with Crippen molar-refractivity contribution >= 4 is 10.9 Å². The van der Waals surface area contributed by atoms with E-state index in [4.69, 9.17) is 0 Å². The minimum atomic E-state index is 0.178. The van der Waals surface area contributed by atoms with Gasteiger partial charge < -0.3 is 4.98 Å². The first-order valence-electron chi connectivity index (χ1n) is 8.59. The number of aryl methyl sites for hydroxylation is 1. The summed E-state index contributed by atoms with van der Waals surface area (Å²) in [5.41, 5.74) is 3.13. The van der Waals surface area contributed by atoms with Crippen LogP contribution in [0, 0.1) is 18.8 Å². The maximum Gasteiger partial charge on any atom is 0.192 e. The molecule has 0 bridgehead atoms. The van der Waals surface area contributed by atoms with E-state index in [0.29, 0.717) is 5.92 Å². The number of hydrogen-bond donors (Lipinski definition) is 1. The summed E-state index contributed by atoms with van der Waals surface area (Å²) in [5.74, 6) is 1.51. The molecular weight excluding hydrogens is 270 g/mol. The first-order chi connectivity index (χ1) is 10.5. The Morgan fingerprint density at radius 1 is 1.05 bits per heavy atom. The molecule has 1 N–H and O–H groups in total. The fraction of sp³-hybridized carbons (Fsp3) is 0.550. The van der Waals surface area contributed by atoms with Gasteiger partial charge in [-0.25, -0.2) is 0 Å². The summed E-state index contributed by atoms with van der Waals surface area (Å²) in [7, 11) is 0. The molecule has 22 heavy (non-hydrogen) atoms. The number of nitrogens with one attached hydrogen (secondary N) is 1. The second kappa shape index (κ2) is 7.62. The Morgan fingerprint density at radius 3 is 2.50 bits per heavy atom. The van der Waals surface area contributed by atoms with Crippen molar-refractivity contribution in [3.63, 3.8) is 0 Å². The zero-order chi connectivity index (χ0) is 16.1. The number of hydrogen-bond acceptors (Lipinski definition) is 1. The monoisotopic (exact) mass is 299 g/mol. The summed E-state index contributed by atoms with van der Waals surface area (Å²) in [4.78, 5) is 15.9. The molecule has 0 saturated carbocycles. The van der Waals surface area contributed by atoms with Crippen LogP contribution in [0.4, 0.5) is 0 Å². The molecule has 0 aliphatic rings. The number of rotatable bonds is 7. The van der Waals surface area contributed by atoms with Crippen LogP contribution in [0.1, 0.15) is 57.7 Å². The first kappa shape index (κ1) is 16.8. The van der Waals surface area contributed by atoms with Gasteiger partial charge in [-0.15, -0.1) is 0 Å². The van der Waals surface area contributed by atoms with Crippen molar-refractivity contribution < 1.29 is 0 Å². The minimum absolute atomic E-state index is 0.178.